The van der Waals surface area contributed by atoms with Crippen molar-refractivity contribution in [3.05, 3.63) is 16.7 Å². The molecule has 0 radical (unpaired) electrons. The highest BCUT2D eigenvalue weighted by molar-refractivity contribution is 6.34. The van der Waals surface area contributed by atoms with Crippen molar-refractivity contribution in [2.24, 2.45) is 5.73 Å². The summed E-state index contributed by atoms with van der Waals surface area (Å²) in [6.45, 7) is 0.805. The van der Waals surface area contributed by atoms with E-state index in [-0.39, 0.29) is 17.6 Å². The monoisotopic (exact) mass is 243 g/mol. The number of hydrogen-bond donors (Lipinski definition) is 2. The number of benzene rings is 1. The van der Waals surface area contributed by atoms with Gasteiger partial charge in [0.25, 0.3) is 0 Å². The van der Waals surface area contributed by atoms with Crippen LogP contribution >= 0.6 is 11.6 Å². The van der Waals surface area contributed by atoms with E-state index in [1.165, 1.54) is 0 Å². The van der Waals surface area contributed by atoms with Crippen LogP contribution in [0.2, 0.25) is 5.02 Å². The smallest absolute Gasteiger partial charge is 0.231 e. The minimum atomic E-state index is 0.0861. The summed E-state index contributed by atoms with van der Waals surface area (Å²) in [7, 11) is 0. The quantitative estimate of drug-likeness (QED) is 0.795. The molecule has 16 heavy (non-hydrogen) atoms. The molecule has 0 amide bonds. The molecular weight excluding hydrogens is 230 g/mol. The van der Waals surface area contributed by atoms with Gasteiger partial charge < -0.3 is 20.3 Å². The van der Waals surface area contributed by atoms with Crippen LogP contribution in [0.1, 0.15) is 18.4 Å². The van der Waals surface area contributed by atoms with Gasteiger partial charge in [0.15, 0.2) is 11.5 Å². The summed E-state index contributed by atoms with van der Waals surface area (Å²) in [5, 5.41) is 10.1. The largest absolute Gasteiger partial charge is 0.506 e. The molecule has 0 bridgehead atoms. The molecule has 0 saturated heterocycles. The number of fused-ring (bicyclic) bond motifs is 1. The van der Waals surface area contributed by atoms with Crippen molar-refractivity contribution < 1.29 is 14.6 Å². The van der Waals surface area contributed by atoms with E-state index in [1.807, 2.05) is 0 Å². The molecule has 3 N–H and O–H groups in total. The first-order chi connectivity index (χ1) is 7.74. The molecule has 4 nitrogen and oxygen atoms in total. The molecule has 1 heterocycles. The molecule has 5 heteroatoms. The van der Waals surface area contributed by atoms with Crippen molar-refractivity contribution in [1.29, 1.82) is 0 Å². The first-order valence-corrected chi connectivity index (χ1v) is 5.62. The molecule has 1 aromatic rings. The molecule has 2 rings (SSSR count). The van der Waals surface area contributed by atoms with Crippen LogP contribution < -0.4 is 15.2 Å². The molecule has 0 atom stereocenters. The van der Waals surface area contributed by atoms with E-state index in [9.17, 15) is 5.11 Å². The molecule has 0 unspecified atom stereocenters. The number of phenolic OH excluding ortho intramolecular Hbond substituents is 1. The number of phenols is 1. The zero-order chi connectivity index (χ0) is 11.5. The van der Waals surface area contributed by atoms with Crippen molar-refractivity contribution in [2.45, 2.75) is 19.3 Å². The van der Waals surface area contributed by atoms with Gasteiger partial charge in [0, 0.05) is 0 Å². The first kappa shape index (κ1) is 11.4. The van der Waals surface area contributed by atoms with Gasteiger partial charge >= 0.3 is 0 Å². The van der Waals surface area contributed by atoms with E-state index in [0.29, 0.717) is 18.0 Å². The lowest BCUT2D eigenvalue weighted by molar-refractivity contribution is 0.174. The lowest BCUT2D eigenvalue weighted by Crippen LogP contribution is -1.99. The summed E-state index contributed by atoms with van der Waals surface area (Å²) in [6, 6.07) is 1.78. The molecule has 0 fully saturated rings. The number of halogens is 1. The van der Waals surface area contributed by atoms with Gasteiger partial charge in [-0.15, -0.1) is 0 Å². The summed E-state index contributed by atoms with van der Waals surface area (Å²) in [5.74, 6) is 1.12. The Morgan fingerprint density at radius 1 is 1.38 bits per heavy atom. The Balaban J connectivity index is 2.22. The van der Waals surface area contributed by atoms with Gasteiger partial charge in [0.05, 0.1) is 0 Å². The average molecular weight is 244 g/mol. The molecule has 0 spiro atoms. The Hall–Kier alpha value is -1.13. The molecule has 1 aromatic carbocycles. The number of unbranched alkanes of at least 4 members (excludes halogenated alkanes) is 1. The van der Waals surface area contributed by atoms with Crippen LogP contribution in [0, 0.1) is 0 Å². The van der Waals surface area contributed by atoms with Gasteiger partial charge in [0.1, 0.15) is 10.8 Å². The average Bonchev–Trinajstić information content (AvgIpc) is 2.73. The van der Waals surface area contributed by atoms with Crippen molar-refractivity contribution in [1.82, 2.24) is 0 Å². The van der Waals surface area contributed by atoms with Crippen LogP contribution in [0.4, 0.5) is 0 Å². The fraction of sp³-hybridized carbons (Fsp3) is 0.455. The van der Waals surface area contributed by atoms with Crippen LogP contribution in [0.25, 0.3) is 0 Å². The third-order valence-corrected chi connectivity index (χ3v) is 2.91. The Morgan fingerprint density at radius 2 is 2.19 bits per heavy atom. The number of rotatable bonds is 4. The fourth-order valence-corrected chi connectivity index (χ4v) is 1.96. The summed E-state index contributed by atoms with van der Waals surface area (Å²) >= 11 is 5.98. The van der Waals surface area contributed by atoms with Crippen LogP contribution in [-0.4, -0.2) is 18.4 Å². The second-order valence-corrected chi connectivity index (χ2v) is 4.06. The maximum absolute atomic E-state index is 9.86. The highest BCUT2D eigenvalue weighted by Gasteiger charge is 2.22. The summed E-state index contributed by atoms with van der Waals surface area (Å²) in [6.07, 6.45) is 2.57. The predicted octanol–water partition coefficient (Wildman–Crippen LogP) is 2.06. The van der Waals surface area contributed by atoms with Crippen LogP contribution in [0.3, 0.4) is 0 Å². The van der Waals surface area contributed by atoms with Crippen molar-refractivity contribution in [2.75, 3.05) is 13.3 Å². The summed E-state index contributed by atoms with van der Waals surface area (Å²) in [4.78, 5) is 0. The van der Waals surface area contributed by atoms with Gasteiger partial charge in [-0.2, -0.15) is 0 Å². The van der Waals surface area contributed by atoms with E-state index < -0.39 is 0 Å². The third kappa shape index (κ3) is 2.03. The highest BCUT2D eigenvalue weighted by Crippen LogP contribution is 2.46. The normalized spacial score (nSPS) is 13.1. The van der Waals surface area contributed by atoms with E-state index in [0.717, 1.165) is 24.8 Å². The molecule has 1 aliphatic rings. The molecule has 0 saturated carbocycles. The van der Waals surface area contributed by atoms with Crippen molar-refractivity contribution >= 4 is 11.6 Å². The van der Waals surface area contributed by atoms with Gasteiger partial charge in [-0.05, 0) is 37.4 Å². The lowest BCUT2D eigenvalue weighted by Gasteiger charge is -2.08. The van der Waals surface area contributed by atoms with Gasteiger partial charge in [-0.25, -0.2) is 0 Å². The number of hydrogen-bond acceptors (Lipinski definition) is 4. The Morgan fingerprint density at radius 3 is 2.94 bits per heavy atom. The number of ether oxygens (including phenoxy) is 2. The second kappa shape index (κ2) is 4.80. The maximum atomic E-state index is 9.86. The standard InChI is InChI=1S/C11H14ClNO3/c12-9-10(14)7(3-1-2-4-13)5-8-11(9)16-6-15-8/h5,14H,1-4,6,13H2. The van der Waals surface area contributed by atoms with Crippen LogP contribution in [0.15, 0.2) is 6.07 Å². The van der Waals surface area contributed by atoms with Crippen molar-refractivity contribution in [3.63, 3.8) is 0 Å². The zero-order valence-electron chi connectivity index (χ0n) is 8.83. The number of nitrogens with two attached hydrogens (primary N) is 1. The van der Waals surface area contributed by atoms with Crippen molar-refractivity contribution in [3.8, 4) is 17.2 Å². The SMILES string of the molecule is NCCCCc1cc2c(c(Cl)c1O)OCO2. The fourth-order valence-electron chi connectivity index (χ4n) is 1.69. The third-order valence-electron chi connectivity index (χ3n) is 2.56. The van der Waals surface area contributed by atoms with E-state index in [4.69, 9.17) is 26.8 Å². The number of aryl methyl sites for hydroxylation is 1. The van der Waals surface area contributed by atoms with Gasteiger partial charge in [0.2, 0.25) is 6.79 Å². The topological polar surface area (TPSA) is 64.7 Å². The summed E-state index contributed by atoms with van der Waals surface area (Å²) in [5.41, 5.74) is 6.20. The van der Waals surface area contributed by atoms with Crippen LogP contribution in [-0.2, 0) is 6.42 Å². The van der Waals surface area contributed by atoms with E-state index in [2.05, 4.69) is 0 Å². The summed E-state index contributed by atoms with van der Waals surface area (Å²) < 4.78 is 10.4. The van der Waals surface area contributed by atoms with Crippen LogP contribution in [0.5, 0.6) is 17.2 Å². The molecule has 1 aliphatic heterocycles. The van der Waals surface area contributed by atoms with Gasteiger partial charge in [-0.1, -0.05) is 11.6 Å². The number of aromatic hydroxyl groups is 1. The highest BCUT2D eigenvalue weighted by atomic mass is 35.5. The minimum Gasteiger partial charge on any atom is -0.506 e. The van der Waals surface area contributed by atoms with Gasteiger partial charge in [-0.3, -0.25) is 0 Å². The Bertz CT molecular complexity index is 395. The molecule has 0 aliphatic carbocycles. The predicted molar refractivity (Wildman–Crippen MR) is 61.2 cm³/mol. The Labute approximate surface area is 98.9 Å². The second-order valence-electron chi connectivity index (χ2n) is 3.68. The maximum Gasteiger partial charge on any atom is 0.231 e. The Kier molecular flexibility index (Phi) is 3.41. The molecule has 88 valence electrons. The molecule has 0 aromatic heterocycles. The zero-order valence-corrected chi connectivity index (χ0v) is 9.59. The lowest BCUT2D eigenvalue weighted by atomic mass is 10.1. The minimum absolute atomic E-state index is 0.0861. The van der Waals surface area contributed by atoms with E-state index in [1.54, 1.807) is 6.07 Å². The molecular formula is C11H14ClNO3. The van der Waals surface area contributed by atoms with E-state index >= 15 is 0 Å². The first-order valence-electron chi connectivity index (χ1n) is 5.24.